The Bertz CT molecular complexity index is 502. The van der Waals surface area contributed by atoms with Crippen LogP contribution >= 0.6 is 11.6 Å². The highest BCUT2D eigenvalue weighted by Gasteiger charge is 2.23. The highest BCUT2D eigenvalue weighted by atomic mass is 35.5. The SMILES string of the molecule is Cc1ccc(NC(=O)N2CCC(OCCCO)CC2)cc1Cl. The van der Waals surface area contributed by atoms with Crippen LogP contribution in [-0.2, 0) is 4.74 Å². The number of benzene rings is 1. The van der Waals surface area contributed by atoms with Crippen LogP contribution in [0, 0.1) is 6.92 Å². The van der Waals surface area contributed by atoms with Crippen LogP contribution in [0.25, 0.3) is 0 Å². The number of aliphatic hydroxyl groups is 1. The van der Waals surface area contributed by atoms with E-state index in [1.165, 1.54) is 0 Å². The van der Waals surface area contributed by atoms with E-state index >= 15 is 0 Å². The second kappa shape index (κ2) is 8.36. The molecule has 122 valence electrons. The number of amides is 2. The van der Waals surface area contributed by atoms with Gasteiger partial charge in [0.2, 0.25) is 0 Å². The summed E-state index contributed by atoms with van der Waals surface area (Å²) in [6.07, 6.45) is 2.50. The summed E-state index contributed by atoms with van der Waals surface area (Å²) in [5.74, 6) is 0. The lowest BCUT2D eigenvalue weighted by Gasteiger charge is -2.32. The molecule has 0 atom stereocenters. The minimum atomic E-state index is -0.103. The van der Waals surface area contributed by atoms with E-state index in [-0.39, 0.29) is 18.7 Å². The van der Waals surface area contributed by atoms with Crippen molar-refractivity contribution < 1.29 is 14.6 Å². The monoisotopic (exact) mass is 326 g/mol. The molecule has 0 spiro atoms. The number of carbonyl (C=O) groups excluding carboxylic acids is 1. The van der Waals surface area contributed by atoms with Gasteiger partial charge in [-0.05, 0) is 43.9 Å². The zero-order valence-electron chi connectivity index (χ0n) is 12.8. The Balaban J connectivity index is 1.78. The van der Waals surface area contributed by atoms with Crippen molar-refractivity contribution in [3.63, 3.8) is 0 Å². The van der Waals surface area contributed by atoms with Crippen molar-refractivity contribution >= 4 is 23.3 Å². The third-order valence-corrected chi connectivity index (χ3v) is 4.22. The van der Waals surface area contributed by atoms with Gasteiger partial charge in [0.1, 0.15) is 0 Å². The first-order valence-electron chi connectivity index (χ1n) is 7.64. The maximum absolute atomic E-state index is 12.2. The number of hydrogen-bond acceptors (Lipinski definition) is 3. The van der Waals surface area contributed by atoms with Crippen molar-refractivity contribution in [1.29, 1.82) is 0 Å². The Hall–Kier alpha value is -1.30. The molecular weight excluding hydrogens is 304 g/mol. The highest BCUT2D eigenvalue weighted by molar-refractivity contribution is 6.31. The number of aliphatic hydroxyl groups excluding tert-OH is 1. The minimum absolute atomic E-state index is 0.103. The number of urea groups is 1. The Labute approximate surface area is 136 Å². The molecule has 2 rings (SSSR count). The van der Waals surface area contributed by atoms with Gasteiger partial charge in [-0.25, -0.2) is 4.79 Å². The molecule has 0 radical (unpaired) electrons. The first kappa shape index (κ1) is 17.1. The number of halogens is 1. The molecule has 0 bridgehead atoms. The maximum Gasteiger partial charge on any atom is 0.321 e. The lowest BCUT2D eigenvalue weighted by molar-refractivity contribution is 0.0101. The van der Waals surface area contributed by atoms with Gasteiger partial charge >= 0.3 is 6.03 Å². The van der Waals surface area contributed by atoms with E-state index in [1.807, 2.05) is 19.1 Å². The van der Waals surface area contributed by atoms with Gasteiger partial charge in [0.05, 0.1) is 6.10 Å². The summed E-state index contributed by atoms with van der Waals surface area (Å²) in [6, 6.07) is 5.40. The number of likely N-dealkylation sites (tertiary alicyclic amines) is 1. The molecule has 1 saturated heterocycles. The van der Waals surface area contributed by atoms with E-state index in [0.29, 0.717) is 36.8 Å². The number of nitrogens with zero attached hydrogens (tertiary/aromatic N) is 1. The smallest absolute Gasteiger partial charge is 0.321 e. The predicted octanol–water partition coefficient (Wildman–Crippen LogP) is 3.04. The summed E-state index contributed by atoms with van der Waals surface area (Å²) < 4.78 is 5.66. The Morgan fingerprint density at radius 3 is 2.82 bits per heavy atom. The van der Waals surface area contributed by atoms with Gasteiger partial charge in [0, 0.05) is 37.0 Å². The second-order valence-corrected chi connectivity index (χ2v) is 5.94. The molecule has 0 aliphatic carbocycles. The van der Waals surface area contributed by atoms with Crippen LogP contribution in [0.1, 0.15) is 24.8 Å². The molecule has 1 aromatic carbocycles. The van der Waals surface area contributed by atoms with Gasteiger partial charge in [-0.3, -0.25) is 0 Å². The van der Waals surface area contributed by atoms with Gasteiger partial charge in [0.15, 0.2) is 0 Å². The molecule has 1 aliphatic heterocycles. The number of ether oxygens (including phenoxy) is 1. The van der Waals surface area contributed by atoms with E-state index in [9.17, 15) is 4.79 Å². The second-order valence-electron chi connectivity index (χ2n) is 5.53. The highest BCUT2D eigenvalue weighted by Crippen LogP contribution is 2.21. The zero-order chi connectivity index (χ0) is 15.9. The summed E-state index contributed by atoms with van der Waals surface area (Å²) in [4.78, 5) is 14.0. The zero-order valence-corrected chi connectivity index (χ0v) is 13.6. The standard InChI is InChI=1S/C16H23ClN2O3/c1-12-3-4-13(11-15(12)17)18-16(21)19-7-5-14(6-8-19)22-10-2-9-20/h3-4,11,14,20H,2,5-10H2,1H3,(H,18,21). The van der Waals surface area contributed by atoms with Gasteiger partial charge in [-0.1, -0.05) is 17.7 Å². The predicted molar refractivity (Wildman–Crippen MR) is 87.5 cm³/mol. The minimum Gasteiger partial charge on any atom is -0.396 e. The molecule has 0 saturated carbocycles. The van der Waals surface area contributed by atoms with Crippen LogP contribution in [0.3, 0.4) is 0 Å². The lowest BCUT2D eigenvalue weighted by atomic mass is 10.1. The Morgan fingerprint density at radius 2 is 2.18 bits per heavy atom. The van der Waals surface area contributed by atoms with Crippen LogP contribution in [-0.4, -0.2) is 48.4 Å². The number of hydrogen-bond donors (Lipinski definition) is 2. The van der Waals surface area contributed by atoms with E-state index in [0.717, 1.165) is 18.4 Å². The number of piperidine rings is 1. The molecular formula is C16H23ClN2O3. The summed E-state index contributed by atoms with van der Waals surface area (Å²) in [7, 11) is 0. The van der Waals surface area contributed by atoms with Crippen LogP contribution in [0.5, 0.6) is 0 Å². The third kappa shape index (κ3) is 4.87. The normalized spacial score (nSPS) is 15.9. The average Bonchev–Trinajstić information content (AvgIpc) is 2.52. The molecule has 1 fully saturated rings. The van der Waals surface area contributed by atoms with Crippen molar-refractivity contribution in [1.82, 2.24) is 4.90 Å². The lowest BCUT2D eigenvalue weighted by Crippen LogP contribution is -2.43. The molecule has 1 aliphatic rings. The fourth-order valence-electron chi connectivity index (χ4n) is 2.41. The molecule has 0 unspecified atom stereocenters. The Morgan fingerprint density at radius 1 is 1.45 bits per heavy atom. The van der Waals surface area contributed by atoms with Gasteiger partial charge in [-0.15, -0.1) is 0 Å². The molecule has 1 heterocycles. The molecule has 5 nitrogen and oxygen atoms in total. The number of aryl methyl sites for hydroxylation is 1. The molecule has 6 heteroatoms. The fourth-order valence-corrected chi connectivity index (χ4v) is 2.59. The van der Waals surface area contributed by atoms with E-state index < -0.39 is 0 Å². The molecule has 22 heavy (non-hydrogen) atoms. The van der Waals surface area contributed by atoms with Gasteiger partial charge in [-0.2, -0.15) is 0 Å². The number of rotatable bonds is 5. The van der Waals surface area contributed by atoms with Crippen molar-refractivity contribution in [2.45, 2.75) is 32.3 Å². The molecule has 2 amide bonds. The van der Waals surface area contributed by atoms with Crippen molar-refractivity contribution in [3.8, 4) is 0 Å². The summed E-state index contributed by atoms with van der Waals surface area (Å²) >= 11 is 6.06. The quantitative estimate of drug-likeness (QED) is 0.817. The first-order valence-corrected chi connectivity index (χ1v) is 8.02. The average molecular weight is 327 g/mol. The van der Waals surface area contributed by atoms with Gasteiger partial charge in [0.25, 0.3) is 0 Å². The number of nitrogens with one attached hydrogen (secondary N) is 1. The molecule has 1 aromatic rings. The summed E-state index contributed by atoms with van der Waals surface area (Å²) in [5.41, 5.74) is 1.70. The van der Waals surface area contributed by atoms with Crippen LogP contribution in [0.2, 0.25) is 5.02 Å². The van der Waals surface area contributed by atoms with Crippen LogP contribution in [0.15, 0.2) is 18.2 Å². The van der Waals surface area contributed by atoms with E-state index in [1.54, 1.807) is 11.0 Å². The van der Waals surface area contributed by atoms with E-state index in [4.69, 9.17) is 21.4 Å². The summed E-state index contributed by atoms with van der Waals surface area (Å²) in [6.45, 7) is 4.01. The maximum atomic E-state index is 12.2. The Kier molecular flexibility index (Phi) is 6.49. The molecule has 2 N–H and O–H groups in total. The summed E-state index contributed by atoms with van der Waals surface area (Å²) in [5, 5.41) is 12.3. The van der Waals surface area contributed by atoms with Crippen molar-refractivity contribution in [2.75, 3.05) is 31.6 Å². The molecule has 0 aromatic heterocycles. The van der Waals surface area contributed by atoms with Crippen molar-refractivity contribution in [2.24, 2.45) is 0 Å². The van der Waals surface area contributed by atoms with Crippen LogP contribution < -0.4 is 5.32 Å². The topological polar surface area (TPSA) is 61.8 Å². The van der Waals surface area contributed by atoms with E-state index in [2.05, 4.69) is 5.32 Å². The van der Waals surface area contributed by atoms with Crippen molar-refractivity contribution in [3.05, 3.63) is 28.8 Å². The first-order chi connectivity index (χ1) is 10.6. The fraction of sp³-hybridized carbons (Fsp3) is 0.562. The van der Waals surface area contributed by atoms with Crippen LogP contribution in [0.4, 0.5) is 10.5 Å². The largest absolute Gasteiger partial charge is 0.396 e. The van der Waals surface area contributed by atoms with Gasteiger partial charge < -0.3 is 20.1 Å². The number of carbonyl (C=O) groups is 1. The number of anilines is 1. The third-order valence-electron chi connectivity index (χ3n) is 3.81.